The van der Waals surface area contributed by atoms with E-state index in [4.69, 9.17) is 0 Å². The van der Waals surface area contributed by atoms with Gasteiger partial charge in [0.15, 0.2) is 0 Å². The topological polar surface area (TPSA) is 27.6 Å². The first-order valence-corrected chi connectivity index (χ1v) is 3.14. The Morgan fingerprint density at radius 3 is 2.56 bits per heavy atom. The Morgan fingerprint density at radius 1 is 1.67 bits per heavy atom. The number of nitrogens with one attached hydrogen (secondary N) is 1. The normalized spacial score (nSPS) is 11.3. The second-order valence-electron chi connectivity index (χ2n) is 1.90. The summed E-state index contributed by atoms with van der Waals surface area (Å²) in [5, 5.41) is 3.99. The first-order valence-electron chi connectivity index (χ1n) is 3.14. The molecule has 0 amide bonds. The Morgan fingerprint density at radius 2 is 2.22 bits per heavy atom. The van der Waals surface area contributed by atoms with E-state index in [1.54, 1.807) is 7.05 Å². The van der Waals surface area contributed by atoms with E-state index in [0.29, 0.717) is 0 Å². The van der Waals surface area contributed by atoms with Crippen molar-refractivity contribution in [2.45, 2.75) is 13.8 Å². The van der Waals surface area contributed by atoms with E-state index in [-0.39, 0.29) is 0 Å². The number of amidine groups is 1. The van der Waals surface area contributed by atoms with Gasteiger partial charge in [0.2, 0.25) is 0 Å². The molecule has 0 spiro atoms. The second kappa shape index (κ2) is 4.18. The van der Waals surface area contributed by atoms with Crippen molar-refractivity contribution in [2.75, 3.05) is 20.6 Å². The highest BCUT2D eigenvalue weighted by molar-refractivity contribution is 5.78. The van der Waals surface area contributed by atoms with Gasteiger partial charge in [-0.15, -0.1) is 0 Å². The van der Waals surface area contributed by atoms with Crippen molar-refractivity contribution in [2.24, 2.45) is 5.10 Å². The fourth-order valence-corrected chi connectivity index (χ4v) is 0.476. The van der Waals surface area contributed by atoms with Crippen LogP contribution < -0.4 is 5.43 Å². The average molecular weight is 129 g/mol. The molecular weight excluding hydrogens is 114 g/mol. The van der Waals surface area contributed by atoms with Crippen LogP contribution in [0.15, 0.2) is 5.10 Å². The predicted octanol–water partition coefficient (Wildman–Crippen LogP) is 0.491. The summed E-state index contributed by atoms with van der Waals surface area (Å²) >= 11 is 0. The van der Waals surface area contributed by atoms with Crippen LogP contribution in [0.2, 0.25) is 0 Å². The van der Waals surface area contributed by atoms with E-state index in [2.05, 4.69) is 22.4 Å². The maximum absolute atomic E-state index is 3.99. The fraction of sp³-hybridized carbons (Fsp3) is 0.833. The zero-order valence-corrected chi connectivity index (χ0v) is 6.60. The molecule has 0 radical (unpaired) electrons. The minimum Gasteiger partial charge on any atom is -0.362 e. The summed E-state index contributed by atoms with van der Waals surface area (Å²) in [4.78, 5) is 2.07. The lowest BCUT2D eigenvalue weighted by Gasteiger charge is -2.14. The van der Waals surface area contributed by atoms with E-state index in [1.165, 1.54) is 0 Å². The third-order valence-corrected chi connectivity index (χ3v) is 1.30. The SMILES string of the molecule is CCN(C)/C(C)=N\NC. The van der Waals surface area contributed by atoms with Crippen LogP contribution in [-0.2, 0) is 0 Å². The van der Waals surface area contributed by atoms with Gasteiger partial charge in [-0.25, -0.2) is 0 Å². The van der Waals surface area contributed by atoms with Gasteiger partial charge in [0.25, 0.3) is 0 Å². The largest absolute Gasteiger partial charge is 0.362 e. The molecule has 0 aliphatic heterocycles. The molecule has 0 unspecified atom stereocenters. The highest BCUT2D eigenvalue weighted by Crippen LogP contribution is 1.82. The maximum Gasteiger partial charge on any atom is 0.121 e. The molecule has 3 nitrogen and oxygen atoms in total. The van der Waals surface area contributed by atoms with Crippen LogP contribution in [0.25, 0.3) is 0 Å². The number of hydrazone groups is 1. The molecule has 0 saturated heterocycles. The number of hydrogen-bond donors (Lipinski definition) is 1. The van der Waals surface area contributed by atoms with Crippen molar-refractivity contribution in [3.8, 4) is 0 Å². The van der Waals surface area contributed by atoms with Crippen molar-refractivity contribution in [3.05, 3.63) is 0 Å². The Bertz CT molecular complexity index is 98.5. The van der Waals surface area contributed by atoms with Crippen molar-refractivity contribution in [1.82, 2.24) is 10.3 Å². The van der Waals surface area contributed by atoms with Gasteiger partial charge in [-0.3, -0.25) is 0 Å². The lowest BCUT2D eigenvalue weighted by atomic mass is 10.5. The summed E-state index contributed by atoms with van der Waals surface area (Å²) in [7, 11) is 3.81. The van der Waals surface area contributed by atoms with Crippen LogP contribution in [0, 0.1) is 0 Å². The van der Waals surface area contributed by atoms with E-state index in [0.717, 1.165) is 12.4 Å². The maximum atomic E-state index is 3.99. The smallest absolute Gasteiger partial charge is 0.121 e. The summed E-state index contributed by atoms with van der Waals surface area (Å²) in [5.41, 5.74) is 2.73. The molecule has 0 aliphatic rings. The molecule has 0 bridgehead atoms. The molecule has 0 aromatic rings. The fourth-order valence-electron chi connectivity index (χ4n) is 0.476. The van der Waals surface area contributed by atoms with Crippen molar-refractivity contribution >= 4 is 5.84 Å². The summed E-state index contributed by atoms with van der Waals surface area (Å²) in [6.07, 6.45) is 0. The average Bonchev–Trinajstić information content (AvgIpc) is 1.87. The van der Waals surface area contributed by atoms with Crippen LogP contribution in [0.1, 0.15) is 13.8 Å². The quantitative estimate of drug-likeness (QED) is 0.334. The summed E-state index contributed by atoms with van der Waals surface area (Å²) in [5.74, 6) is 1.01. The third-order valence-electron chi connectivity index (χ3n) is 1.30. The molecule has 0 aromatic carbocycles. The molecule has 0 saturated carbocycles. The van der Waals surface area contributed by atoms with Crippen LogP contribution in [-0.4, -0.2) is 31.4 Å². The lowest BCUT2D eigenvalue weighted by Crippen LogP contribution is -2.25. The van der Waals surface area contributed by atoms with Gasteiger partial charge in [0, 0.05) is 20.6 Å². The minimum absolute atomic E-state index is 0.997. The molecule has 0 heterocycles. The zero-order chi connectivity index (χ0) is 7.28. The molecule has 0 aliphatic carbocycles. The Hall–Kier alpha value is -0.730. The first kappa shape index (κ1) is 8.27. The molecule has 9 heavy (non-hydrogen) atoms. The standard InChI is InChI=1S/C6H15N3/c1-5-9(4)6(2)8-7-3/h7H,5H2,1-4H3/b8-6-. The molecular formula is C6H15N3. The first-order chi connectivity index (χ1) is 4.22. The van der Waals surface area contributed by atoms with Crippen LogP contribution >= 0.6 is 0 Å². The molecule has 0 aromatic heterocycles. The van der Waals surface area contributed by atoms with Crippen molar-refractivity contribution < 1.29 is 0 Å². The molecule has 0 rings (SSSR count). The van der Waals surface area contributed by atoms with Gasteiger partial charge >= 0.3 is 0 Å². The summed E-state index contributed by atoms with van der Waals surface area (Å²) in [6, 6.07) is 0. The molecule has 3 heteroatoms. The van der Waals surface area contributed by atoms with Crippen molar-refractivity contribution in [1.29, 1.82) is 0 Å². The van der Waals surface area contributed by atoms with E-state index in [1.807, 2.05) is 14.0 Å². The molecule has 0 fully saturated rings. The highest BCUT2D eigenvalue weighted by Gasteiger charge is 1.93. The Balaban J connectivity index is 3.70. The third kappa shape index (κ3) is 2.95. The number of nitrogens with zero attached hydrogens (tertiary/aromatic N) is 2. The Kier molecular flexibility index (Phi) is 3.84. The molecule has 1 N–H and O–H groups in total. The minimum atomic E-state index is 0.997. The van der Waals surface area contributed by atoms with E-state index >= 15 is 0 Å². The van der Waals surface area contributed by atoms with Gasteiger partial charge in [-0.2, -0.15) is 5.10 Å². The van der Waals surface area contributed by atoms with Crippen LogP contribution in [0.3, 0.4) is 0 Å². The van der Waals surface area contributed by atoms with Crippen LogP contribution in [0.4, 0.5) is 0 Å². The number of rotatable bonds is 2. The summed E-state index contributed by atoms with van der Waals surface area (Å²) < 4.78 is 0. The van der Waals surface area contributed by atoms with Gasteiger partial charge in [-0.05, 0) is 13.8 Å². The molecule has 0 atom stereocenters. The van der Waals surface area contributed by atoms with Gasteiger partial charge in [0.1, 0.15) is 5.84 Å². The predicted molar refractivity (Wildman–Crippen MR) is 40.5 cm³/mol. The second-order valence-corrected chi connectivity index (χ2v) is 1.90. The van der Waals surface area contributed by atoms with Crippen LogP contribution in [0.5, 0.6) is 0 Å². The van der Waals surface area contributed by atoms with E-state index in [9.17, 15) is 0 Å². The Labute approximate surface area is 56.7 Å². The number of hydrogen-bond acceptors (Lipinski definition) is 2. The monoisotopic (exact) mass is 129 g/mol. The molecule has 54 valence electrons. The highest BCUT2D eigenvalue weighted by atomic mass is 15.3. The lowest BCUT2D eigenvalue weighted by molar-refractivity contribution is 0.526. The van der Waals surface area contributed by atoms with Gasteiger partial charge < -0.3 is 10.3 Å². The van der Waals surface area contributed by atoms with E-state index < -0.39 is 0 Å². The summed E-state index contributed by atoms with van der Waals surface area (Å²) in [6.45, 7) is 5.06. The van der Waals surface area contributed by atoms with Gasteiger partial charge in [0.05, 0.1) is 0 Å². The zero-order valence-electron chi connectivity index (χ0n) is 6.60. The van der Waals surface area contributed by atoms with Crippen molar-refractivity contribution in [3.63, 3.8) is 0 Å². The van der Waals surface area contributed by atoms with Gasteiger partial charge in [-0.1, -0.05) is 0 Å².